The highest BCUT2D eigenvalue weighted by Gasteiger charge is 2.17. The number of benzene rings is 1. The predicted molar refractivity (Wildman–Crippen MR) is 121 cm³/mol. The summed E-state index contributed by atoms with van der Waals surface area (Å²) in [6.45, 7) is 12.8. The van der Waals surface area contributed by atoms with Crippen molar-refractivity contribution in [1.82, 2.24) is 29.4 Å². The van der Waals surface area contributed by atoms with Crippen LogP contribution in [0.5, 0.6) is 0 Å². The number of hydrogen-bond acceptors (Lipinski definition) is 6. The van der Waals surface area contributed by atoms with Crippen molar-refractivity contribution in [1.29, 1.82) is 0 Å². The fourth-order valence-corrected chi connectivity index (χ4v) is 4.19. The molecule has 0 spiro atoms. The Morgan fingerprint density at radius 1 is 1.33 bits per heavy atom. The average molecular weight is 429 g/mol. The zero-order valence-corrected chi connectivity index (χ0v) is 18.5. The van der Waals surface area contributed by atoms with Crippen LogP contribution in [-0.2, 0) is 11.3 Å². The van der Waals surface area contributed by atoms with E-state index in [4.69, 9.17) is 0 Å². The zero-order valence-electron chi connectivity index (χ0n) is 17.7. The second kappa shape index (κ2) is 9.90. The van der Waals surface area contributed by atoms with Crippen LogP contribution in [0, 0.1) is 0 Å². The number of thioether (sulfide) groups is 1. The van der Waals surface area contributed by atoms with Crippen LogP contribution >= 0.6 is 11.8 Å². The number of rotatable bonds is 10. The molecule has 0 aliphatic rings. The number of nitrogens with one attached hydrogen (secondary N) is 1. The minimum absolute atomic E-state index is 0.0553. The van der Waals surface area contributed by atoms with Crippen molar-refractivity contribution < 1.29 is 4.79 Å². The number of fused-ring (bicyclic) bond motifs is 3. The van der Waals surface area contributed by atoms with Gasteiger partial charge in [0.15, 0.2) is 5.16 Å². The lowest BCUT2D eigenvalue weighted by Crippen LogP contribution is -2.38. The molecule has 1 N–H and O–H groups in total. The van der Waals surface area contributed by atoms with Crippen LogP contribution < -0.4 is 10.9 Å². The Morgan fingerprint density at radius 2 is 2.10 bits per heavy atom. The number of aromatic nitrogens is 4. The van der Waals surface area contributed by atoms with Crippen LogP contribution in [0.4, 0.5) is 0 Å². The highest BCUT2D eigenvalue weighted by Crippen LogP contribution is 2.21. The molecule has 3 aromatic rings. The lowest BCUT2D eigenvalue weighted by molar-refractivity contribution is -0.118. The monoisotopic (exact) mass is 428 g/mol. The van der Waals surface area contributed by atoms with Gasteiger partial charge in [0.1, 0.15) is 0 Å². The zero-order chi connectivity index (χ0) is 21.7. The summed E-state index contributed by atoms with van der Waals surface area (Å²) in [5.74, 6) is 0.612. The highest BCUT2D eigenvalue weighted by atomic mass is 32.2. The number of allylic oxidation sites excluding steroid dienone is 1. The fourth-order valence-electron chi connectivity index (χ4n) is 3.42. The molecule has 160 valence electrons. The normalized spacial score (nSPS) is 11.6. The van der Waals surface area contributed by atoms with Crippen LogP contribution in [-0.4, -0.2) is 61.4 Å². The molecule has 30 heavy (non-hydrogen) atoms. The molecule has 1 aromatic carbocycles. The SMILES string of the molecule is C=CCn1c(=O)c2ccccc2n2c(SCC(=O)NCCN(CC)C(C)C)nnc12. The molecule has 0 saturated heterocycles. The van der Waals surface area contributed by atoms with Gasteiger partial charge in [0.05, 0.1) is 16.7 Å². The van der Waals surface area contributed by atoms with E-state index in [0.29, 0.717) is 35.5 Å². The maximum Gasteiger partial charge on any atom is 0.263 e. The minimum Gasteiger partial charge on any atom is -0.354 e. The lowest BCUT2D eigenvalue weighted by atomic mass is 10.2. The second-order valence-electron chi connectivity index (χ2n) is 7.20. The molecule has 2 aromatic heterocycles. The fraction of sp³-hybridized carbons (Fsp3) is 0.429. The van der Waals surface area contributed by atoms with Gasteiger partial charge in [0, 0.05) is 25.7 Å². The van der Waals surface area contributed by atoms with Crippen molar-refractivity contribution in [2.45, 2.75) is 38.5 Å². The summed E-state index contributed by atoms with van der Waals surface area (Å²) < 4.78 is 3.37. The first kappa shape index (κ1) is 22.0. The van der Waals surface area contributed by atoms with Crippen molar-refractivity contribution >= 4 is 34.3 Å². The molecule has 0 saturated carbocycles. The highest BCUT2D eigenvalue weighted by molar-refractivity contribution is 7.99. The molecule has 0 aliphatic heterocycles. The van der Waals surface area contributed by atoms with E-state index in [9.17, 15) is 9.59 Å². The molecule has 0 aliphatic carbocycles. The number of likely N-dealkylation sites (N-methyl/N-ethyl adjacent to an activating group) is 1. The van der Waals surface area contributed by atoms with E-state index >= 15 is 0 Å². The largest absolute Gasteiger partial charge is 0.354 e. The first-order valence-corrected chi connectivity index (χ1v) is 11.1. The van der Waals surface area contributed by atoms with E-state index in [1.54, 1.807) is 12.1 Å². The lowest BCUT2D eigenvalue weighted by Gasteiger charge is -2.24. The molecule has 0 unspecified atom stereocenters. The summed E-state index contributed by atoms with van der Waals surface area (Å²) in [5.41, 5.74) is 0.589. The van der Waals surface area contributed by atoms with Crippen LogP contribution in [0.2, 0.25) is 0 Å². The molecule has 0 atom stereocenters. The van der Waals surface area contributed by atoms with Crippen molar-refractivity contribution in [2.75, 3.05) is 25.4 Å². The summed E-state index contributed by atoms with van der Waals surface area (Å²) >= 11 is 1.31. The van der Waals surface area contributed by atoms with Crippen molar-refractivity contribution in [3.05, 3.63) is 47.3 Å². The van der Waals surface area contributed by atoms with Crippen LogP contribution in [0.25, 0.3) is 16.7 Å². The number of nitrogens with zero attached hydrogens (tertiary/aromatic N) is 5. The van der Waals surface area contributed by atoms with Crippen molar-refractivity contribution in [3.63, 3.8) is 0 Å². The third-order valence-corrected chi connectivity index (χ3v) is 5.91. The summed E-state index contributed by atoms with van der Waals surface area (Å²) in [5, 5.41) is 12.6. The molecule has 0 bridgehead atoms. The Kier molecular flexibility index (Phi) is 7.28. The Balaban J connectivity index is 1.78. The average Bonchev–Trinajstić information content (AvgIpc) is 3.16. The van der Waals surface area contributed by atoms with E-state index in [-0.39, 0.29) is 17.2 Å². The molecular formula is C21H28N6O2S. The molecule has 1 amide bonds. The van der Waals surface area contributed by atoms with Gasteiger partial charge < -0.3 is 5.32 Å². The van der Waals surface area contributed by atoms with Gasteiger partial charge in [-0.15, -0.1) is 16.8 Å². The first-order chi connectivity index (χ1) is 14.5. The van der Waals surface area contributed by atoms with Crippen LogP contribution in [0.3, 0.4) is 0 Å². The standard InChI is InChI=1S/C21H28N6O2S/c1-5-12-26-19(29)16-9-7-8-10-17(16)27-20(26)23-24-21(27)30-14-18(28)22-11-13-25(6-2)15(3)4/h5,7-10,15H,1,6,11-14H2,2-4H3,(H,22,28). The Bertz CT molecular complexity index is 1100. The molecule has 0 fully saturated rings. The smallest absolute Gasteiger partial charge is 0.263 e. The van der Waals surface area contributed by atoms with E-state index in [2.05, 4.69) is 47.8 Å². The number of carbonyl (C=O) groups is 1. The predicted octanol–water partition coefficient (Wildman–Crippen LogP) is 2.17. The number of amides is 1. The van der Waals surface area contributed by atoms with E-state index in [1.807, 2.05) is 22.6 Å². The summed E-state index contributed by atoms with van der Waals surface area (Å²) in [6.07, 6.45) is 1.65. The van der Waals surface area contributed by atoms with Crippen molar-refractivity contribution in [3.8, 4) is 0 Å². The minimum atomic E-state index is -0.134. The third-order valence-electron chi connectivity index (χ3n) is 4.98. The van der Waals surface area contributed by atoms with Crippen molar-refractivity contribution in [2.24, 2.45) is 0 Å². The molecular weight excluding hydrogens is 400 g/mol. The van der Waals surface area contributed by atoms with E-state index in [0.717, 1.165) is 18.6 Å². The van der Waals surface area contributed by atoms with Gasteiger partial charge >= 0.3 is 0 Å². The Hall–Kier alpha value is -2.65. The quantitative estimate of drug-likeness (QED) is 0.394. The molecule has 0 radical (unpaired) electrons. The van der Waals surface area contributed by atoms with Crippen LogP contribution in [0.15, 0.2) is 46.9 Å². The number of carbonyl (C=O) groups excluding carboxylic acids is 1. The number of hydrogen-bond donors (Lipinski definition) is 1. The molecule has 9 heteroatoms. The van der Waals surface area contributed by atoms with Gasteiger partial charge in [0.2, 0.25) is 11.7 Å². The van der Waals surface area contributed by atoms with E-state index < -0.39 is 0 Å². The van der Waals surface area contributed by atoms with Gasteiger partial charge in [-0.25, -0.2) is 0 Å². The summed E-state index contributed by atoms with van der Waals surface area (Å²) in [4.78, 5) is 27.4. The van der Waals surface area contributed by atoms with Gasteiger partial charge in [-0.1, -0.05) is 36.9 Å². The van der Waals surface area contributed by atoms with Gasteiger partial charge in [-0.3, -0.25) is 23.5 Å². The summed E-state index contributed by atoms with van der Waals surface area (Å²) in [7, 11) is 0. The maximum absolute atomic E-state index is 12.8. The summed E-state index contributed by atoms with van der Waals surface area (Å²) in [6, 6.07) is 7.79. The first-order valence-electron chi connectivity index (χ1n) is 10.1. The third kappa shape index (κ3) is 4.57. The van der Waals surface area contributed by atoms with E-state index in [1.165, 1.54) is 16.3 Å². The Morgan fingerprint density at radius 3 is 2.80 bits per heavy atom. The topological polar surface area (TPSA) is 84.5 Å². The van der Waals surface area contributed by atoms with Gasteiger partial charge in [-0.05, 0) is 32.5 Å². The molecule has 2 heterocycles. The van der Waals surface area contributed by atoms with Gasteiger partial charge in [-0.2, -0.15) is 0 Å². The number of para-hydroxylation sites is 1. The Labute approximate surface area is 180 Å². The maximum atomic E-state index is 12.8. The molecule has 8 nitrogen and oxygen atoms in total. The molecule has 3 rings (SSSR count). The van der Waals surface area contributed by atoms with Gasteiger partial charge in [0.25, 0.3) is 5.56 Å². The second-order valence-corrected chi connectivity index (χ2v) is 8.14. The van der Waals surface area contributed by atoms with Crippen LogP contribution in [0.1, 0.15) is 20.8 Å².